The molecule has 0 bridgehead atoms. The zero-order valence-corrected chi connectivity index (χ0v) is 15.4. The zero-order valence-electron chi connectivity index (χ0n) is 14.6. The number of hydrogen-bond acceptors (Lipinski definition) is 4. The molecule has 1 atom stereocenters. The van der Waals surface area contributed by atoms with Gasteiger partial charge in [0.15, 0.2) is 6.10 Å². The van der Waals surface area contributed by atoms with Crippen molar-refractivity contribution in [1.82, 2.24) is 10.3 Å². The molecule has 0 radical (unpaired) electrons. The van der Waals surface area contributed by atoms with E-state index in [9.17, 15) is 4.79 Å². The number of carbonyl (C=O) groups is 1. The Labute approximate surface area is 147 Å². The average molecular weight is 344 g/mol. The molecule has 1 amide bonds. The third-order valence-electron chi connectivity index (χ3n) is 3.98. The first kappa shape index (κ1) is 17.0. The van der Waals surface area contributed by atoms with Crippen molar-refractivity contribution in [3.05, 3.63) is 35.3 Å². The molecule has 1 aromatic carbocycles. The molecule has 1 fully saturated rings. The number of amides is 1. The van der Waals surface area contributed by atoms with E-state index in [2.05, 4.69) is 31.5 Å². The van der Waals surface area contributed by atoms with E-state index in [-0.39, 0.29) is 11.3 Å². The van der Waals surface area contributed by atoms with Crippen molar-refractivity contribution in [2.75, 3.05) is 0 Å². The van der Waals surface area contributed by atoms with Gasteiger partial charge in [-0.05, 0) is 44.0 Å². The Balaban J connectivity index is 1.64. The molecule has 128 valence electrons. The van der Waals surface area contributed by atoms with Crippen LogP contribution >= 0.6 is 11.3 Å². The second-order valence-corrected chi connectivity index (χ2v) is 8.21. The first-order valence-electron chi connectivity index (χ1n) is 8.36. The summed E-state index contributed by atoms with van der Waals surface area (Å²) in [5.74, 6) is 0.654. The number of nitrogens with zero attached hydrogens (tertiary/aromatic N) is 1. The molecule has 0 aliphatic heterocycles. The van der Waals surface area contributed by atoms with E-state index in [1.54, 1.807) is 18.3 Å². The Morgan fingerprint density at radius 2 is 1.96 bits per heavy atom. The molecule has 1 aliphatic rings. The molecule has 1 heterocycles. The van der Waals surface area contributed by atoms with Gasteiger partial charge in [0.1, 0.15) is 10.8 Å². The van der Waals surface area contributed by atoms with Gasteiger partial charge in [0.2, 0.25) is 0 Å². The Kier molecular flexibility index (Phi) is 4.63. The average Bonchev–Trinajstić information content (AvgIpc) is 3.18. The highest BCUT2D eigenvalue weighted by atomic mass is 32.1. The monoisotopic (exact) mass is 344 g/mol. The summed E-state index contributed by atoms with van der Waals surface area (Å²) in [7, 11) is 0. The predicted octanol–water partition coefficient (Wildman–Crippen LogP) is 4.15. The summed E-state index contributed by atoms with van der Waals surface area (Å²) in [6.07, 6.45) is 1.68. The molecular weight excluding hydrogens is 320 g/mol. The minimum atomic E-state index is -0.483. The third kappa shape index (κ3) is 4.15. The summed E-state index contributed by atoms with van der Waals surface area (Å²) in [6, 6.07) is 8.13. The minimum Gasteiger partial charge on any atom is -0.481 e. The Hall–Kier alpha value is -1.88. The molecule has 24 heavy (non-hydrogen) atoms. The fourth-order valence-electron chi connectivity index (χ4n) is 2.23. The van der Waals surface area contributed by atoms with E-state index in [1.165, 1.54) is 0 Å². The summed E-state index contributed by atoms with van der Waals surface area (Å²) >= 11 is 1.65. The van der Waals surface area contributed by atoms with Gasteiger partial charge >= 0.3 is 0 Å². The molecular formula is C19H24N2O2S. The lowest BCUT2D eigenvalue weighted by molar-refractivity contribution is -0.127. The van der Waals surface area contributed by atoms with Crippen molar-refractivity contribution in [2.24, 2.45) is 0 Å². The van der Waals surface area contributed by atoms with Crippen LogP contribution in [0.3, 0.4) is 0 Å². The normalized spacial score (nSPS) is 15.8. The van der Waals surface area contributed by atoms with Crippen LogP contribution in [0.5, 0.6) is 5.75 Å². The first-order chi connectivity index (χ1) is 11.3. The summed E-state index contributed by atoms with van der Waals surface area (Å²) in [5, 5.41) is 6.08. The molecule has 1 saturated carbocycles. The maximum absolute atomic E-state index is 11.9. The predicted molar refractivity (Wildman–Crippen MR) is 97.5 cm³/mol. The highest BCUT2D eigenvalue weighted by Crippen LogP contribution is 2.30. The van der Waals surface area contributed by atoms with Crippen LogP contribution in [-0.4, -0.2) is 23.0 Å². The molecule has 3 rings (SSSR count). The van der Waals surface area contributed by atoms with Gasteiger partial charge in [-0.1, -0.05) is 20.8 Å². The molecule has 1 aromatic heterocycles. The summed E-state index contributed by atoms with van der Waals surface area (Å²) in [4.78, 5) is 16.7. The summed E-state index contributed by atoms with van der Waals surface area (Å²) < 4.78 is 5.73. The SMILES string of the molecule is C[C@@H](Oc1ccc(-c2nc(C(C)(C)C)cs2)cc1)C(=O)NC1CC1. The zero-order chi connectivity index (χ0) is 17.3. The minimum absolute atomic E-state index is 0.0451. The van der Waals surface area contributed by atoms with Crippen LogP contribution in [0.2, 0.25) is 0 Å². The van der Waals surface area contributed by atoms with E-state index in [0.29, 0.717) is 11.8 Å². The van der Waals surface area contributed by atoms with E-state index in [0.717, 1.165) is 29.1 Å². The maximum atomic E-state index is 11.9. The lowest BCUT2D eigenvalue weighted by Gasteiger charge is -2.15. The highest BCUT2D eigenvalue weighted by Gasteiger charge is 2.26. The Morgan fingerprint density at radius 3 is 2.50 bits per heavy atom. The number of aromatic nitrogens is 1. The largest absolute Gasteiger partial charge is 0.481 e. The molecule has 2 aromatic rings. The molecule has 0 unspecified atom stereocenters. The number of hydrogen-bond donors (Lipinski definition) is 1. The van der Waals surface area contributed by atoms with Gasteiger partial charge in [-0.25, -0.2) is 4.98 Å². The third-order valence-corrected chi connectivity index (χ3v) is 4.87. The maximum Gasteiger partial charge on any atom is 0.260 e. The number of rotatable bonds is 5. The number of ether oxygens (including phenoxy) is 1. The van der Waals surface area contributed by atoms with Gasteiger partial charge in [-0.3, -0.25) is 4.79 Å². The quantitative estimate of drug-likeness (QED) is 0.886. The summed E-state index contributed by atoms with van der Waals surface area (Å²) in [6.45, 7) is 8.27. The van der Waals surface area contributed by atoms with Crippen molar-refractivity contribution in [2.45, 2.75) is 58.1 Å². The molecule has 0 spiro atoms. The van der Waals surface area contributed by atoms with Crippen LogP contribution in [0.25, 0.3) is 10.6 Å². The smallest absolute Gasteiger partial charge is 0.260 e. The highest BCUT2D eigenvalue weighted by molar-refractivity contribution is 7.13. The lowest BCUT2D eigenvalue weighted by atomic mass is 9.93. The van der Waals surface area contributed by atoms with Crippen LogP contribution in [0, 0.1) is 0 Å². The van der Waals surface area contributed by atoms with Crippen molar-refractivity contribution in [3.8, 4) is 16.3 Å². The van der Waals surface area contributed by atoms with E-state index < -0.39 is 6.10 Å². The van der Waals surface area contributed by atoms with Crippen LogP contribution in [-0.2, 0) is 10.2 Å². The van der Waals surface area contributed by atoms with Gasteiger partial charge in [0.25, 0.3) is 5.91 Å². The fourth-order valence-corrected chi connectivity index (χ4v) is 3.28. The van der Waals surface area contributed by atoms with Crippen molar-refractivity contribution < 1.29 is 9.53 Å². The van der Waals surface area contributed by atoms with Crippen molar-refractivity contribution in [3.63, 3.8) is 0 Å². The number of carbonyl (C=O) groups excluding carboxylic acids is 1. The van der Waals surface area contributed by atoms with Crippen LogP contribution < -0.4 is 10.1 Å². The van der Waals surface area contributed by atoms with Gasteiger partial charge in [-0.2, -0.15) is 0 Å². The number of nitrogens with one attached hydrogen (secondary N) is 1. The topological polar surface area (TPSA) is 51.2 Å². The second kappa shape index (κ2) is 6.55. The molecule has 1 aliphatic carbocycles. The Bertz CT molecular complexity index is 712. The second-order valence-electron chi connectivity index (χ2n) is 7.36. The van der Waals surface area contributed by atoms with Crippen LogP contribution in [0.1, 0.15) is 46.2 Å². The van der Waals surface area contributed by atoms with Crippen LogP contribution in [0.15, 0.2) is 29.6 Å². The molecule has 4 nitrogen and oxygen atoms in total. The Morgan fingerprint density at radius 1 is 1.29 bits per heavy atom. The van der Waals surface area contributed by atoms with Crippen molar-refractivity contribution in [1.29, 1.82) is 0 Å². The molecule has 5 heteroatoms. The van der Waals surface area contributed by atoms with Gasteiger partial charge in [0.05, 0.1) is 5.69 Å². The lowest BCUT2D eigenvalue weighted by Crippen LogP contribution is -2.37. The van der Waals surface area contributed by atoms with E-state index in [4.69, 9.17) is 9.72 Å². The van der Waals surface area contributed by atoms with E-state index >= 15 is 0 Å². The fraction of sp³-hybridized carbons (Fsp3) is 0.474. The van der Waals surface area contributed by atoms with Gasteiger partial charge in [-0.15, -0.1) is 11.3 Å². The van der Waals surface area contributed by atoms with Gasteiger partial charge in [0, 0.05) is 22.4 Å². The van der Waals surface area contributed by atoms with E-state index in [1.807, 2.05) is 24.3 Å². The van der Waals surface area contributed by atoms with Crippen molar-refractivity contribution >= 4 is 17.2 Å². The molecule has 1 N–H and O–H groups in total. The molecule has 0 saturated heterocycles. The first-order valence-corrected chi connectivity index (χ1v) is 9.24. The van der Waals surface area contributed by atoms with Crippen LogP contribution in [0.4, 0.5) is 0 Å². The van der Waals surface area contributed by atoms with Gasteiger partial charge < -0.3 is 10.1 Å². The standard InChI is InChI=1S/C19H24N2O2S/c1-12(17(22)20-14-7-8-14)23-15-9-5-13(6-10-15)18-21-16(11-24-18)19(2,3)4/h5-6,9-12,14H,7-8H2,1-4H3,(H,20,22)/t12-/m1/s1. The number of thiazole rings is 1. The number of benzene rings is 1. The summed E-state index contributed by atoms with van der Waals surface area (Å²) in [5.41, 5.74) is 2.23.